The molecule has 29 heavy (non-hydrogen) atoms. The standard InChI is InChI=1S/C21H11ClF3NO2S/c22-13-4-5-16-14(9-13)15(20(27)28)10-17(26-16)19-7-6-18(29-19)11-2-1-3-12(8-11)21(23,24)25/h1-10H,(H,27,28). The third-order valence-corrected chi connectivity index (χ3v) is 5.73. The van der Waals surface area contributed by atoms with Gasteiger partial charge in [-0.2, -0.15) is 13.2 Å². The number of halogens is 4. The Hall–Kier alpha value is -2.90. The highest BCUT2D eigenvalue weighted by Crippen LogP contribution is 2.38. The molecule has 146 valence electrons. The van der Waals surface area contributed by atoms with Crippen LogP contribution >= 0.6 is 22.9 Å². The van der Waals surface area contributed by atoms with Gasteiger partial charge < -0.3 is 5.11 Å². The number of carbonyl (C=O) groups is 1. The van der Waals surface area contributed by atoms with E-state index in [2.05, 4.69) is 4.98 Å². The molecule has 2 aromatic carbocycles. The largest absolute Gasteiger partial charge is 0.478 e. The summed E-state index contributed by atoms with van der Waals surface area (Å²) in [6.45, 7) is 0. The van der Waals surface area contributed by atoms with Crippen molar-refractivity contribution in [3.63, 3.8) is 0 Å². The van der Waals surface area contributed by atoms with Crippen molar-refractivity contribution in [2.45, 2.75) is 6.18 Å². The molecule has 0 unspecified atom stereocenters. The van der Waals surface area contributed by atoms with Crippen LogP contribution in [-0.2, 0) is 6.18 Å². The Morgan fingerprint density at radius 3 is 2.48 bits per heavy atom. The molecule has 0 saturated heterocycles. The summed E-state index contributed by atoms with van der Waals surface area (Å²) in [5.74, 6) is -1.12. The number of pyridine rings is 1. The number of thiophene rings is 1. The zero-order chi connectivity index (χ0) is 20.8. The Bertz CT molecular complexity index is 1250. The molecule has 2 aromatic heterocycles. The Kier molecular flexibility index (Phi) is 4.80. The first kappa shape index (κ1) is 19.4. The molecule has 0 spiro atoms. The maximum atomic E-state index is 13.0. The van der Waals surface area contributed by atoms with Gasteiger partial charge in [0.05, 0.1) is 27.2 Å². The van der Waals surface area contributed by atoms with Gasteiger partial charge in [-0.15, -0.1) is 11.3 Å². The summed E-state index contributed by atoms with van der Waals surface area (Å²) in [7, 11) is 0. The third-order valence-electron chi connectivity index (χ3n) is 4.33. The van der Waals surface area contributed by atoms with E-state index in [4.69, 9.17) is 11.6 Å². The number of carboxylic acid groups (broad SMARTS) is 1. The molecule has 2 heterocycles. The molecule has 0 aliphatic rings. The molecular weight excluding hydrogens is 423 g/mol. The van der Waals surface area contributed by atoms with Crippen molar-refractivity contribution < 1.29 is 23.1 Å². The van der Waals surface area contributed by atoms with Gasteiger partial charge in [-0.1, -0.05) is 23.7 Å². The molecule has 0 fully saturated rings. The van der Waals surface area contributed by atoms with Gasteiger partial charge in [-0.25, -0.2) is 9.78 Å². The van der Waals surface area contributed by atoms with E-state index in [0.717, 1.165) is 12.1 Å². The van der Waals surface area contributed by atoms with Crippen molar-refractivity contribution in [3.05, 3.63) is 76.8 Å². The Labute approximate surface area is 172 Å². The number of alkyl halides is 3. The number of hydrogen-bond acceptors (Lipinski definition) is 3. The van der Waals surface area contributed by atoms with Crippen molar-refractivity contribution in [1.29, 1.82) is 0 Å². The SMILES string of the molecule is O=C(O)c1cc(-c2ccc(-c3cccc(C(F)(F)F)c3)s2)nc2ccc(Cl)cc12. The Morgan fingerprint density at radius 1 is 1.00 bits per heavy atom. The van der Waals surface area contributed by atoms with Gasteiger partial charge in [0, 0.05) is 15.3 Å². The minimum absolute atomic E-state index is 0.0570. The summed E-state index contributed by atoms with van der Waals surface area (Å²) in [4.78, 5) is 17.5. The van der Waals surface area contributed by atoms with E-state index < -0.39 is 17.7 Å². The molecule has 0 aliphatic carbocycles. The lowest BCUT2D eigenvalue weighted by atomic mass is 10.1. The smallest absolute Gasteiger partial charge is 0.416 e. The second kappa shape index (κ2) is 7.17. The number of rotatable bonds is 3. The number of hydrogen-bond donors (Lipinski definition) is 1. The lowest BCUT2D eigenvalue weighted by Gasteiger charge is -2.08. The molecule has 0 bridgehead atoms. The zero-order valence-electron chi connectivity index (χ0n) is 14.5. The maximum absolute atomic E-state index is 13.0. The summed E-state index contributed by atoms with van der Waals surface area (Å²) < 4.78 is 38.9. The van der Waals surface area contributed by atoms with Crippen LogP contribution < -0.4 is 0 Å². The van der Waals surface area contributed by atoms with Crippen molar-refractivity contribution in [2.75, 3.05) is 0 Å². The van der Waals surface area contributed by atoms with Gasteiger partial charge in [-0.05, 0) is 54.1 Å². The molecule has 0 amide bonds. The lowest BCUT2D eigenvalue weighted by Crippen LogP contribution is -2.04. The molecule has 8 heteroatoms. The van der Waals surface area contributed by atoms with Crippen LogP contribution in [0.3, 0.4) is 0 Å². The highest BCUT2D eigenvalue weighted by atomic mass is 35.5. The normalized spacial score (nSPS) is 11.7. The fourth-order valence-electron chi connectivity index (χ4n) is 2.98. The number of aromatic carboxylic acids is 1. The van der Waals surface area contributed by atoms with E-state index in [-0.39, 0.29) is 5.56 Å². The fraction of sp³-hybridized carbons (Fsp3) is 0.0476. The third kappa shape index (κ3) is 3.83. The second-order valence-corrected chi connectivity index (χ2v) is 7.78. The van der Waals surface area contributed by atoms with E-state index in [1.165, 1.54) is 23.5 Å². The van der Waals surface area contributed by atoms with Crippen molar-refractivity contribution in [2.24, 2.45) is 0 Å². The van der Waals surface area contributed by atoms with Crippen LogP contribution in [0.2, 0.25) is 5.02 Å². The molecule has 0 aliphatic heterocycles. The number of nitrogens with zero attached hydrogens (tertiary/aromatic N) is 1. The first-order valence-corrected chi connectivity index (χ1v) is 9.53. The summed E-state index contributed by atoms with van der Waals surface area (Å²) >= 11 is 7.21. The van der Waals surface area contributed by atoms with Gasteiger partial charge in [0.1, 0.15) is 0 Å². The van der Waals surface area contributed by atoms with Gasteiger partial charge in [0.2, 0.25) is 0 Å². The zero-order valence-corrected chi connectivity index (χ0v) is 16.1. The second-order valence-electron chi connectivity index (χ2n) is 6.26. The molecule has 3 nitrogen and oxygen atoms in total. The number of benzene rings is 2. The van der Waals surface area contributed by atoms with Crippen LogP contribution in [0.5, 0.6) is 0 Å². The molecule has 0 radical (unpaired) electrons. The minimum Gasteiger partial charge on any atom is -0.478 e. The van der Waals surface area contributed by atoms with Crippen LogP contribution in [0, 0.1) is 0 Å². The predicted octanol–water partition coefficient (Wildman–Crippen LogP) is 7.00. The molecular formula is C21H11ClF3NO2S. The first-order chi connectivity index (χ1) is 13.7. The Balaban J connectivity index is 1.80. The lowest BCUT2D eigenvalue weighted by molar-refractivity contribution is -0.137. The maximum Gasteiger partial charge on any atom is 0.416 e. The molecule has 0 saturated carbocycles. The Morgan fingerprint density at radius 2 is 1.76 bits per heavy atom. The van der Waals surface area contributed by atoms with Gasteiger partial charge >= 0.3 is 12.1 Å². The highest BCUT2D eigenvalue weighted by molar-refractivity contribution is 7.18. The van der Waals surface area contributed by atoms with E-state index in [0.29, 0.717) is 36.9 Å². The monoisotopic (exact) mass is 433 g/mol. The topological polar surface area (TPSA) is 50.2 Å². The van der Waals surface area contributed by atoms with Gasteiger partial charge in [-0.3, -0.25) is 0 Å². The molecule has 4 rings (SSSR count). The van der Waals surface area contributed by atoms with Crippen LogP contribution in [0.25, 0.3) is 31.9 Å². The molecule has 4 aromatic rings. The van der Waals surface area contributed by atoms with Crippen LogP contribution in [-0.4, -0.2) is 16.1 Å². The van der Waals surface area contributed by atoms with Gasteiger partial charge in [0.25, 0.3) is 0 Å². The van der Waals surface area contributed by atoms with E-state index >= 15 is 0 Å². The molecule has 1 N–H and O–H groups in total. The highest BCUT2D eigenvalue weighted by Gasteiger charge is 2.30. The number of carboxylic acids is 1. The summed E-state index contributed by atoms with van der Waals surface area (Å²) in [6.07, 6.45) is -4.42. The van der Waals surface area contributed by atoms with Crippen LogP contribution in [0.1, 0.15) is 15.9 Å². The molecule has 0 atom stereocenters. The first-order valence-electron chi connectivity index (χ1n) is 8.34. The minimum atomic E-state index is -4.42. The predicted molar refractivity (Wildman–Crippen MR) is 107 cm³/mol. The fourth-order valence-corrected chi connectivity index (χ4v) is 4.12. The summed E-state index contributed by atoms with van der Waals surface area (Å²) in [6, 6.07) is 14.7. The average Bonchev–Trinajstić information content (AvgIpc) is 3.17. The van der Waals surface area contributed by atoms with E-state index in [9.17, 15) is 23.1 Å². The summed E-state index contributed by atoms with van der Waals surface area (Å²) in [5, 5.41) is 10.4. The van der Waals surface area contributed by atoms with Crippen LogP contribution in [0.4, 0.5) is 13.2 Å². The van der Waals surface area contributed by atoms with Gasteiger partial charge in [0.15, 0.2) is 0 Å². The van der Waals surface area contributed by atoms with Crippen molar-refractivity contribution in [1.82, 2.24) is 4.98 Å². The van der Waals surface area contributed by atoms with E-state index in [1.54, 1.807) is 36.4 Å². The quantitative estimate of drug-likeness (QED) is 0.378. The number of fused-ring (bicyclic) bond motifs is 1. The number of aromatic nitrogens is 1. The van der Waals surface area contributed by atoms with E-state index in [1.807, 2.05) is 0 Å². The summed E-state index contributed by atoms with van der Waals surface area (Å²) in [5.41, 5.74) is 0.668. The average molecular weight is 434 g/mol. The van der Waals surface area contributed by atoms with Crippen LogP contribution in [0.15, 0.2) is 60.7 Å². The van der Waals surface area contributed by atoms with Crippen molar-refractivity contribution >= 4 is 39.8 Å². The van der Waals surface area contributed by atoms with Crippen molar-refractivity contribution in [3.8, 4) is 21.0 Å².